The van der Waals surface area contributed by atoms with Crippen molar-refractivity contribution in [1.29, 1.82) is 0 Å². The molecule has 4 heteroatoms. The first-order valence-corrected chi connectivity index (χ1v) is 7.41. The standard InChI is InChI=1S/C17H27NO3/c1-13(2)21-15-8-6-14(7-9-15)12-18(17(3,4)5)11-10-16(19)20/h6-9,13H,10-12H2,1-5H3,(H,19,20). The zero-order valence-electron chi connectivity index (χ0n) is 13.7. The van der Waals surface area contributed by atoms with Crippen LogP contribution in [0.25, 0.3) is 0 Å². The number of nitrogens with zero attached hydrogens (tertiary/aromatic N) is 1. The van der Waals surface area contributed by atoms with Gasteiger partial charge in [0.2, 0.25) is 0 Å². The van der Waals surface area contributed by atoms with Gasteiger partial charge < -0.3 is 9.84 Å². The maximum atomic E-state index is 10.8. The van der Waals surface area contributed by atoms with Crippen molar-refractivity contribution in [2.75, 3.05) is 6.54 Å². The Bertz CT molecular complexity index is 446. The van der Waals surface area contributed by atoms with Gasteiger partial charge in [0.15, 0.2) is 0 Å². The summed E-state index contributed by atoms with van der Waals surface area (Å²) in [6, 6.07) is 8.01. The summed E-state index contributed by atoms with van der Waals surface area (Å²) in [5, 5.41) is 8.87. The number of aliphatic carboxylic acids is 1. The summed E-state index contributed by atoms with van der Waals surface area (Å²) >= 11 is 0. The number of hydrogen-bond acceptors (Lipinski definition) is 3. The van der Waals surface area contributed by atoms with Crippen LogP contribution in [0.2, 0.25) is 0 Å². The molecular weight excluding hydrogens is 266 g/mol. The van der Waals surface area contributed by atoms with Gasteiger partial charge in [-0.1, -0.05) is 12.1 Å². The second kappa shape index (κ2) is 7.46. The molecule has 0 amide bonds. The third-order valence-corrected chi connectivity index (χ3v) is 3.21. The zero-order valence-corrected chi connectivity index (χ0v) is 13.7. The van der Waals surface area contributed by atoms with Crippen LogP contribution in [0.15, 0.2) is 24.3 Å². The summed E-state index contributed by atoms with van der Waals surface area (Å²) in [7, 11) is 0. The quantitative estimate of drug-likeness (QED) is 0.835. The van der Waals surface area contributed by atoms with Crippen LogP contribution in [0.3, 0.4) is 0 Å². The predicted octanol–water partition coefficient (Wildman–Crippen LogP) is 3.55. The highest BCUT2D eigenvalue weighted by Gasteiger charge is 2.21. The van der Waals surface area contributed by atoms with Crippen molar-refractivity contribution < 1.29 is 14.6 Å². The molecule has 0 radical (unpaired) electrons. The Morgan fingerprint density at radius 3 is 2.24 bits per heavy atom. The molecule has 0 spiro atoms. The molecule has 118 valence electrons. The summed E-state index contributed by atoms with van der Waals surface area (Å²) in [6.45, 7) is 11.6. The maximum absolute atomic E-state index is 10.8. The highest BCUT2D eigenvalue weighted by Crippen LogP contribution is 2.20. The van der Waals surface area contributed by atoms with Crippen LogP contribution < -0.4 is 4.74 Å². The van der Waals surface area contributed by atoms with E-state index >= 15 is 0 Å². The van der Waals surface area contributed by atoms with E-state index in [1.807, 2.05) is 38.1 Å². The number of ether oxygens (including phenoxy) is 1. The Morgan fingerprint density at radius 2 is 1.81 bits per heavy atom. The van der Waals surface area contributed by atoms with Crippen LogP contribution in [0, 0.1) is 0 Å². The van der Waals surface area contributed by atoms with E-state index in [9.17, 15) is 4.79 Å². The van der Waals surface area contributed by atoms with E-state index in [1.165, 1.54) is 0 Å². The number of benzene rings is 1. The fourth-order valence-corrected chi connectivity index (χ4v) is 2.05. The molecule has 0 atom stereocenters. The second-order valence-corrected chi connectivity index (χ2v) is 6.55. The summed E-state index contributed by atoms with van der Waals surface area (Å²) in [6.07, 6.45) is 0.323. The van der Waals surface area contributed by atoms with E-state index < -0.39 is 5.97 Å². The highest BCUT2D eigenvalue weighted by molar-refractivity contribution is 5.66. The molecule has 0 saturated carbocycles. The van der Waals surface area contributed by atoms with Crippen LogP contribution in [-0.4, -0.2) is 34.2 Å². The molecule has 0 aromatic heterocycles. The summed E-state index contributed by atoms with van der Waals surface area (Å²) in [5.41, 5.74) is 1.09. The average Bonchev–Trinajstić information content (AvgIpc) is 2.34. The van der Waals surface area contributed by atoms with Crippen LogP contribution >= 0.6 is 0 Å². The van der Waals surface area contributed by atoms with Crippen LogP contribution in [0.5, 0.6) is 5.75 Å². The van der Waals surface area contributed by atoms with E-state index in [4.69, 9.17) is 9.84 Å². The minimum Gasteiger partial charge on any atom is -0.491 e. The van der Waals surface area contributed by atoms with E-state index in [0.29, 0.717) is 6.54 Å². The Balaban J connectivity index is 2.72. The lowest BCUT2D eigenvalue weighted by atomic mass is 10.0. The number of carboxylic acids is 1. The molecule has 0 aliphatic rings. The molecule has 1 N–H and O–H groups in total. The van der Waals surface area contributed by atoms with Crippen molar-refractivity contribution in [3.63, 3.8) is 0 Å². The first kappa shape index (κ1) is 17.5. The lowest BCUT2D eigenvalue weighted by molar-refractivity contribution is -0.137. The molecule has 21 heavy (non-hydrogen) atoms. The molecule has 0 aliphatic carbocycles. The normalized spacial score (nSPS) is 12.0. The van der Waals surface area contributed by atoms with Gasteiger partial charge in [-0.15, -0.1) is 0 Å². The van der Waals surface area contributed by atoms with E-state index in [1.54, 1.807) is 0 Å². The van der Waals surface area contributed by atoms with E-state index in [2.05, 4.69) is 25.7 Å². The van der Waals surface area contributed by atoms with Crippen molar-refractivity contribution in [1.82, 2.24) is 4.90 Å². The highest BCUT2D eigenvalue weighted by atomic mass is 16.5. The predicted molar refractivity (Wildman–Crippen MR) is 84.6 cm³/mol. The Morgan fingerprint density at radius 1 is 1.24 bits per heavy atom. The fraction of sp³-hybridized carbons (Fsp3) is 0.588. The van der Waals surface area contributed by atoms with Gasteiger partial charge in [0, 0.05) is 18.6 Å². The molecule has 4 nitrogen and oxygen atoms in total. The summed E-state index contributed by atoms with van der Waals surface area (Å²) in [5.74, 6) is 0.103. The first-order chi connectivity index (χ1) is 9.68. The van der Waals surface area contributed by atoms with E-state index in [-0.39, 0.29) is 18.1 Å². The minimum atomic E-state index is -0.759. The largest absolute Gasteiger partial charge is 0.491 e. The van der Waals surface area contributed by atoms with Crippen molar-refractivity contribution in [2.24, 2.45) is 0 Å². The number of hydrogen-bond donors (Lipinski definition) is 1. The molecule has 0 saturated heterocycles. The first-order valence-electron chi connectivity index (χ1n) is 7.41. The van der Waals surface area contributed by atoms with Gasteiger partial charge in [0.1, 0.15) is 5.75 Å². The molecule has 0 fully saturated rings. The van der Waals surface area contributed by atoms with Gasteiger partial charge in [-0.05, 0) is 52.3 Å². The van der Waals surface area contributed by atoms with Crippen molar-refractivity contribution in [3.05, 3.63) is 29.8 Å². The number of carboxylic acid groups (broad SMARTS) is 1. The molecule has 0 unspecified atom stereocenters. The summed E-state index contributed by atoms with van der Waals surface area (Å²) in [4.78, 5) is 13.0. The van der Waals surface area contributed by atoms with Crippen LogP contribution in [-0.2, 0) is 11.3 Å². The monoisotopic (exact) mass is 293 g/mol. The van der Waals surface area contributed by atoms with Gasteiger partial charge in [-0.3, -0.25) is 9.69 Å². The van der Waals surface area contributed by atoms with E-state index in [0.717, 1.165) is 17.9 Å². The van der Waals surface area contributed by atoms with Crippen LogP contribution in [0.1, 0.15) is 46.6 Å². The zero-order chi connectivity index (χ0) is 16.0. The lowest BCUT2D eigenvalue weighted by Gasteiger charge is -2.35. The number of carbonyl (C=O) groups is 1. The SMILES string of the molecule is CC(C)Oc1ccc(CN(CCC(=O)O)C(C)(C)C)cc1. The second-order valence-electron chi connectivity index (χ2n) is 6.55. The van der Waals surface area contributed by atoms with Crippen molar-refractivity contribution in [2.45, 2.75) is 59.2 Å². The topological polar surface area (TPSA) is 49.8 Å². The lowest BCUT2D eigenvalue weighted by Crippen LogP contribution is -2.41. The Kier molecular flexibility index (Phi) is 6.21. The molecule has 0 heterocycles. The maximum Gasteiger partial charge on any atom is 0.304 e. The van der Waals surface area contributed by atoms with Crippen molar-refractivity contribution in [3.8, 4) is 5.75 Å². The Labute approximate surface area is 127 Å². The van der Waals surface area contributed by atoms with Gasteiger partial charge in [0.05, 0.1) is 12.5 Å². The van der Waals surface area contributed by atoms with Crippen LogP contribution in [0.4, 0.5) is 0 Å². The number of rotatable bonds is 7. The molecule has 0 aliphatic heterocycles. The molecule has 1 rings (SSSR count). The average molecular weight is 293 g/mol. The molecule has 0 bridgehead atoms. The third kappa shape index (κ3) is 6.63. The molecule has 1 aromatic rings. The molecule has 1 aromatic carbocycles. The van der Waals surface area contributed by atoms with Gasteiger partial charge >= 0.3 is 5.97 Å². The molecular formula is C17H27NO3. The van der Waals surface area contributed by atoms with Gasteiger partial charge in [0.25, 0.3) is 0 Å². The van der Waals surface area contributed by atoms with Gasteiger partial charge in [-0.25, -0.2) is 0 Å². The smallest absolute Gasteiger partial charge is 0.304 e. The third-order valence-electron chi connectivity index (χ3n) is 3.21. The summed E-state index contributed by atoms with van der Waals surface area (Å²) < 4.78 is 5.63. The minimum absolute atomic E-state index is 0.0669. The van der Waals surface area contributed by atoms with Gasteiger partial charge in [-0.2, -0.15) is 0 Å². The fourth-order valence-electron chi connectivity index (χ4n) is 2.05. The Hall–Kier alpha value is -1.55. The van der Waals surface area contributed by atoms with Crippen molar-refractivity contribution >= 4 is 5.97 Å².